The van der Waals surface area contributed by atoms with Crippen molar-refractivity contribution in [1.29, 1.82) is 0 Å². The van der Waals surface area contributed by atoms with Gasteiger partial charge in [0.1, 0.15) is 0 Å². The van der Waals surface area contributed by atoms with Gasteiger partial charge in [0.25, 0.3) is 0 Å². The van der Waals surface area contributed by atoms with Crippen molar-refractivity contribution in [3.63, 3.8) is 0 Å². The van der Waals surface area contributed by atoms with E-state index >= 15 is 0 Å². The van der Waals surface area contributed by atoms with Crippen LogP contribution in [-0.2, 0) is 6.42 Å². The lowest BCUT2D eigenvalue weighted by Gasteiger charge is -2.41. The maximum Gasteiger partial charge on any atom is 0.0453 e. The van der Waals surface area contributed by atoms with E-state index in [1.807, 2.05) is 18.2 Å². The van der Waals surface area contributed by atoms with Crippen LogP contribution in [0.25, 0.3) is 0 Å². The zero-order valence-electron chi connectivity index (χ0n) is 11.9. The van der Waals surface area contributed by atoms with Crippen LogP contribution >= 0.6 is 23.2 Å². The van der Waals surface area contributed by atoms with Crippen LogP contribution in [0.2, 0.25) is 10.0 Å². The van der Waals surface area contributed by atoms with Gasteiger partial charge >= 0.3 is 0 Å². The Labute approximate surface area is 130 Å². The zero-order valence-corrected chi connectivity index (χ0v) is 13.5. The number of hydrazine groups is 1. The molecule has 2 unspecified atom stereocenters. The minimum absolute atomic E-state index is 0.111. The number of hydrogen-bond donors (Lipinski definition) is 2. The smallest absolute Gasteiger partial charge is 0.0453 e. The Morgan fingerprint density at radius 1 is 1.30 bits per heavy atom. The fraction of sp³-hybridized carbons (Fsp3) is 0.571. The van der Waals surface area contributed by atoms with Gasteiger partial charge in [0.15, 0.2) is 0 Å². The Hall–Kier alpha value is -0.360. The number of rotatable bonds is 4. The van der Waals surface area contributed by atoms with Crippen molar-refractivity contribution in [3.8, 4) is 0 Å². The van der Waals surface area contributed by atoms with Gasteiger partial charge in [-0.15, -0.1) is 0 Å². The lowest BCUT2D eigenvalue weighted by molar-refractivity contribution is 0.0877. The summed E-state index contributed by atoms with van der Waals surface area (Å²) in [7, 11) is 4.27. The van der Waals surface area contributed by atoms with Gasteiger partial charge in [-0.1, -0.05) is 29.3 Å². The summed E-state index contributed by atoms with van der Waals surface area (Å²) in [6.45, 7) is 3.10. The summed E-state index contributed by atoms with van der Waals surface area (Å²) >= 11 is 12.5. The third-order valence-corrected chi connectivity index (χ3v) is 4.77. The second-order valence-electron chi connectivity index (χ2n) is 5.49. The summed E-state index contributed by atoms with van der Waals surface area (Å²) < 4.78 is 0. The lowest BCUT2D eigenvalue weighted by Crippen LogP contribution is -2.60. The van der Waals surface area contributed by atoms with Crippen LogP contribution in [0.5, 0.6) is 0 Å². The van der Waals surface area contributed by atoms with Gasteiger partial charge in [0.2, 0.25) is 0 Å². The topological polar surface area (TPSA) is 44.5 Å². The summed E-state index contributed by atoms with van der Waals surface area (Å²) in [5, 5.41) is 1.40. The van der Waals surface area contributed by atoms with Crippen molar-refractivity contribution >= 4 is 23.2 Å². The van der Waals surface area contributed by atoms with Crippen molar-refractivity contribution in [1.82, 2.24) is 15.2 Å². The third-order valence-electron chi connectivity index (χ3n) is 4.06. The number of nitrogens with one attached hydrogen (secondary N) is 1. The van der Waals surface area contributed by atoms with Crippen molar-refractivity contribution in [3.05, 3.63) is 33.8 Å². The number of halogens is 2. The quantitative estimate of drug-likeness (QED) is 0.654. The molecule has 1 heterocycles. The summed E-state index contributed by atoms with van der Waals surface area (Å²) in [5.74, 6) is 5.78. The van der Waals surface area contributed by atoms with Crippen LogP contribution in [0.4, 0.5) is 0 Å². The summed E-state index contributed by atoms with van der Waals surface area (Å²) in [5.41, 5.74) is 3.90. The summed E-state index contributed by atoms with van der Waals surface area (Å²) in [6.07, 6.45) is 0.720. The van der Waals surface area contributed by atoms with Gasteiger partial charge < -0.3 is 4.90 Å². The molecule has 0 radical (unpaired) electrons. The normalized spacial score (nSPS) is 22.9. The molecule has 0 aromatic heterocycles. The molecular weight excluding hydrogens is 295 g/mol. The van der Waals surface area contributed by atoms with E-state index in [0.717, 1.165) is 31.6 Å². The van der Waals surface area contributed by atoms with Crippen molar-refractivity contribution < 1.29 is 0 Å². The monoisotopic (exact) mass is 316 g/mol. The minimum atomic E-state index is 0.111. The average Bonchev–Trinajstić information content (AvgIpc) is 2.42. The molecule has 0 spiro atoms. The fourth-order valence-electron chi connectivity index (χ4n) is 2.73. The summed E-state index contributed by atoms with van der Waals surface area (Å²) in [6, 6.07) is 6.05. The lowest BCUT2D eigenvalue weighted by atomic mass is 9.97. The largest absolute Gasteiger partial charge is 0.303 e. The van der Waals surface area contributed by atoms with Crippen molar-refractivity contribution in [2.24, 2.45) is 5.84 Å². The van der Waals surface area contributed by atoms with E-state index in [1.54, 1.807) is 0 Å². The predicted octanol–water partition coefficient (Wildman–Crippen LogP) is 1.61. The van der Waals surface area contributed by atoms with Crippen LogP contribution in [-0.4, -0.2) is 55.6 Å². The molecule has 0 aliphatic carbocycles. The van der Waals surface area contributed by atoms with Gasteiger partial charge in [-0.05, 0) is 38.2 Å². The molecule has 112 valence electrons. The highest BCUT2D eigenvalue weighted by molar-refractivity contribution is 6.36. The average molecular weight is 317 g/mol. The Balaban J connectivity index is 2.16. The molecule has 6 heteroatoms. The fourth-order valence-corrected chi connectivity index (χ4v) is 3.28. The predicted molar refractivity (Wildman–Crippen MR) is 85.2 cm³/mol. The van der Waals surface area contributed by atoms with E-state index in [2.05, 4.69) is 29.3 Å². The zero-order chi connectivity index (χ0) is 14.7. The van der Waals surface area contributed by atoms with E-state index in [9.17, 15) is 0 Å². The number of nitrogens with two attached hydrogens (primary N) is 1. The van der Waals surface area contributed by atoms with Crippen LogP contribution in [0.1, 0.15) is 5.56 Å². The van der Waals surface area contributed by atoms with Crippen molar-refractivity contribution in [2.75, 3.05) is 33.7 Å². The molecule has 1 aliphatic rings. The molecule has 1 aromatic rings. The first-order valence-electron chi connectivity index (χ1n) is 6.80. The van der Waals surface area contributed by atoms with Gasteiger partial charge in [0.05, 0.1) is 0 Å². The highest BCUT2D eigenvalue weighted by Gasteiger charge is 2.30. The molecule has 1 aliphatic heterocycles. The van der Waals surface area contributed by atoms with Gasteiger partial charge in [-0.2, -0.15) is 0 Å². The number of piperazine rings is 1. The maximum absolute atomic E-state index is 6.26. The standard InChI is InChI=1S/C14H22Cl2N4/c1-19-6-7-20(2)14(9-19)13(18-17)8-10-11(15)4-3-5-12(10)16/h3-5,13-14,18H,6-9,17H2,1-2H3. The Bertz CT molecular complexity index is 435. The molecule has 1 saturated heterocycles. The molecule has 0 amide bonds. The van der Waals surface area contributed by atoms with E-state index in [-0.39, 0.29) is 6.04 Å². The number of hydrogen-bond acceptors (Lipinski definition) is 4. The van der Waals surface area contributed by atoms with E-state index in [1.165, 1.54) is 0 Å². The van der Waals surface area contributed by atoms with E-state index < -0.39 is 0 Å². The second-order valence-corrected chi connectivity index (χ2v) is 6.30. The van der Waals surface area contributed by atoms with Gasteiger partial charge in [-0.25, -0.2) is 0 Å². The molecule has 4 nitrogen and oxygen atoms in total. The Morgan fingerprint density at radius 2 is 1.95 bits per heavy atom. The van der Waals surface area contributed by atoms with E-state index in [0.29, 0.717) is 16.1 Å². The molecule has 0 bridgehead atoms. The molecule has 20 heavy (non-hydrogen) atoms. The van der Waals surface area contributed by atoms with Crippen LogP contribution in [0.15, 0.2) is 18.2 Å². The summed E-state index contributed by atoms with van der Waals surface area (Å²) in [4.78, 5) is 4.67. The first kappa shape index (κ1) is 16.0. The van der Waals surface area contributed by atoms with Gasteiger partial charge in [-0.3, -0.25) is 16.2 Å². The molecule has 0 saturated carbocycles. The molecule has 2 rings (SSSR count). The molecule has 3 N–H and O–H groups in total. The SMILES string of the molecule is CN1CCN(C)C(C(Cc2c(Cl)cccc2Cl)NN)C1. The molecule has 2 atom stereocenters. The second kappa shape index (κ2) is 7.07. The molecule has 1 aromatic carbocycles. The first-order chi connectivity index (χ1) is 9.52. The van der Waals surface area contributed by atoms with Gasteiger partial charge in [0, 0.05) is 41.8 Å². The highest BCUT2D eigenvalue weighted by atomic mass is 35.5. The Kier molecular flexibility index (Phi) is 5.66. The minimum Gasteiger partial charge on any atom is -0.303 e. The van der Waals surface area contributed by atoms with Crippen LogP contribution < -0.4 is 11.3 Å². The van der Waals surface area contributed by atoms with Crippen molar-refractivity contribution in [2.45, 2.75) is 18.5 Å². The highest BCUT2D eigenvalue weighted by Crippen LogP contribution is 2.26. The van der Waals surface area contributed by atoms with Crippen LogP contribution in [0, 0.1) is 0 Å². The first-order valence-corrected chi connectivity index (χ1v) is 7.56. The van der Waals surface area contributed by atoms with Crippen LogP contribution in [0.3, 0.4) is 0 Å². The number of likely N-dealkylation sites (N-methyl/N-ethyl adjacent to an activating group) is 2. The molecule has 1 fully saturated rings. The maximum atomic E-state index is 6.26. The molecular formula is C14H22Cl2N4. The third kappa shape index (κ3) is 3.64. The number of nitrogens with zero attached hydrogens (tertiary/aromatic N) is 2. The Morgan fingerprint density at radius 3 is 2.55 bits per heavy atom. The van der Waals surface area contributed by atoms with E-state index in [4.69, 9.17) is 29.0 Å². The number of benzene rings is 1.